The second-order valence-electron chi connectivity index (χ2n) is 5.21. The van der Waals surface area contributed by atoms with Gasteiger partial charge in [0.1, 0.15) is 11.3 Å². The van der Waals surface area contributed by atoms with Crippen LogP contribution in [0.3, 0.4) is 0 Å². The van der Waals surface area contributed by atoms with Crippen LogP contribution in [-0.4, -0.2) is 23.5 Å². The second-order valence-corrected chi connectivity index (χ2v) is 5.21. The molecule has 1 aromatic heterocycles. The first-order valence-electron chi connectivity index (χ1n) is 7.61. The maximum absolute atomic E-state index is 13.0. The molecule has 1 heterocycles. The minimum Gasteiger partial charge on any atom is -0.462 e. The number of pyridine rings is 1. The third kappa shape index (κ3) is 4.50. The molecule has 0 bridgehead atoms. The Morgan fingerprint density at radius 2 is 1.85 bits per heavy atom. The van der Waals surface area contributed by atoms with E-state index in [1.807, 2.05) is 0 Å². The van der Waals surface area contributed by atoms with Crippen molar-refractivity contribution in [1.82, 2.24) is 10.4 Å². The predicted molar refractivity (Wildman–Crippen MR) is 87.5 cm³/mol. The number of amides is 1. The average molecular weight is 367 g/mol. The summed E-state index contributed by atoms with van der Waals surface area (Å²) in [5.74, 6) is -1.89. The van der Waals surface area contributed by atoms with E-state index in [1.165, 1.54) is 19.1 Å². The van der Waals surface area contributed by atoms with Gasteiger partial charge in [-0.1, -0.05) is 18.2 Å². The lowest BCUT2D eigenvalue weighted by Crippen LogP contribution is -2.31. The minimum absolute atomic E-state index is 0.0160. The van der Waals surface area contributed by atoms with Crippen LogP contribution in [0, 0.1) is 6.92 Å². The van der Waals surface area contributed by atoms with Gasteiger partial charge in [0, 0.05) is 5.56 Å². The zero-order valence-corrected chi connectivity index (χ0v) is 14.0. The zero-order chi connectivity index (χ0) is 19.3. The first-order valence-corrected chi connectivity index (χ1v) is 7.61. The van der Waals surface area contributed by atoms with Crippen LogP contribution in [0.1, 0.15) is 38.9 Å². The molecular formula is C17H16F3N3O3. The quantitative estimate of drug-likeness (QED) is 0.626. The average Bonchev–Trinajstić information content (AvgIpc) is 2.59. The van der Waals surface area contributed by atoms with Crippen molar-refractivity contribution in [2.45, 2.75) is 20.0 Å². The molecule has 2 N–H and O–H groups in total. The van der Waals surface area contributed by atoms with Crippen LogP contribution in [0.4, 0.5) is 19.0 Å². The lowest BCUT2D eigenvalue weighted by Gasteiger charge is -2.16. The second kappa shape index (κ2) is 7.85. The van der Waals surface area contributed by atoms with Gasteiger partial charge in [0.2, 0.25) is 0 Å². The van der Waals surface area contributed by atoms with E-state index in [0.717, 1.165) is 6.07 Å². The third-order valence-electron chi connectivity index (χ3n) is 3.32. The van der Waals surface area contributed by atoms with Crippen molar-refractivity contribution < 1.29 is 27.5 Å². The summed E-state index contributed by atoms with van der Waals surface area (Å²) in [6, 6.07) is 8.76. The number of benzene rings is 1. The smallest absolute Gasteiger partial charge is 0.433 e. The van der Waals surface area contributed by atoms with Crippen molar-refractivity contribution in [3.05, 3.63) is 58.8 Å². The van der Waals surface area contributed by atoms with Crippen molar-refractivity contribution in [3.63, 3.8) is 0 Å². The Labute approximate surface area is 147 Å². The molecule has 0 saturated heterocycles. The molecule has 0 unspecified atom stereocenters. The molecule has 26 heavy (non-hydrogen) atoms. The van der Waals surface area contributed by atoms with E-state index < -0.39 is 29.6 Å². The number of aryl methyl sites for hydroxylation is 1. The first-order chi connectivity index (χ1) is 12.2. The first kappa shape index (κ1) is 19.2. The van der Waals surface area contributed by atoms with Gasteiger partial charge in [-0.3, -0.25) is 15.6 Å². The number of aromatic nitrogens is 1. The Kier molecular flexibility index (Phi) is 5.81. The zero-order valence-electron chi connectivity index (χ0n) is 14.0. The molecule has 2 aromatic rings. The van der Waals surface area contributed by atoms with Crippen LogP contribution in [0.2, 0.25) is 0 Å². The Hall–Kier alpha value is -3.10. The number of carbonyl (C=O) groups is 2. The normalized spacial score (nSPS) is 11.0. The summed E-state index contributed by atoms with van der Waals surface area (Å²) >= 11 is 0. The SMILES string of the molecule is CCOC(=O)c1c(C)cc(C(F)(F)F)nc1NNC(=O)c1ccccc1. The van der Waals surface area contributed by atoms with Crippen LogP contribution < -0.4 is 10.9 Å². The van der Waals surface area contributed by atoms with Crippen molar-refractivity contribution in [3.8, 4) is 0 Å². The molecule has 0 aliphatic heterocycles. The molecule has 0 aliphatic rings. The van der Waals surface area contributed by atoms with Gasteiger partial charge in [-0.05, 0) is 37.6 Å². The summed E-state index contributed by atoms with van der Waals surface area (Å²) in [6.45, 7) is 2.93. The Bertz CT molecular complexity index is 808. The highest BCUT2D eigenvalue weighted by Crippen LogP contribution is 2.31. The third-order valence-corrected chi connectivity index (χ3v) is 3.32. The summed E-state index contributed by atoms with van der Waals surface area (Å²) in [6.07, 6.45) is -4.71. The van der Waals surface area contributed by atoms with Crippen molar-refractivity contribution >= 4 is 17.7 Å². The Morgan fingerprint density at radius 1 is 1.19 bits per heavy atom. The number of anilines is 1. The fraction of sp³-hybridized carbons (Fsp3) is 0.235. The Balaban J connectivity index is 2.35. The van der Waals surface area contributed by atoms with E-state index in [0.29, 0.717) is 0 Å². The number of nitrogens with one attached hydrogen (secondary N) is 2. The molecule has 2 rings (SSSR count). The number of rotatable bonds is 5. The molecule has 1 aromatic carbocycles. The molecule has 0 atom stereocenters. The summed E-state index contributed by atoms with van der Waals surface area (Å²) in [5, 5.41) is 0. The van der Waals surface area contributed by atoms with Gasteiger partial charge < -0.3 is 4.74 Å². The van der Waals surface area contributed by atoms with Gasteiger partial charge in [-0.25, -0.2) is 9.78 Å². The summed E-state index contributed by atoms with van der Waals surface area (Å²) in [7, 11) is 0. The van der Waals surface area contributed by atoms with E-state index in [9.17, 15) is 22.8 Å². The number of halogens is 3. The number of nitrogens with zero attached hydrogens (tertiary/aromatic N) is 1. The number of carbonyl (C=O) groups excluding carboxylic acids is 2. The van der Waals surface area contributed by atoms with Crippen molar-refractivity contribution in [2.75, 3.05) is 12.0 Å². The summed E-state index contributed by atoms with van der Waals surface area (Å²) in [5.41, 5.74) is 3.44. The number of esters is 1. The van der Waals surface area contributed by atoms with Gasteiger partial charge >= 0.3 is 12.1 Å². The summed E-state index contributed by atoms with van der Waals surface area (Å²) in [4.78, 5) is 27.5. The van der Waals surface area contributed by atoms with E-state index in [-0.39, 0.29) is 23.3 Å². The van der Waals surface area contributed by atoms with Crippen LogP contribution in [0.5, 0.6) is 0 Å². The van der Waals surface area contributed by atoms with Gasteiger partial charge in [-0.2, -0.15) is 13.2 Å². The van der Waals surface area contributed by atoms with Gasteiger partial charge in [0.05, 0.1) is 6.61 Å². The maximum Gasteiger partial charge on any atom is 0.433 e. The highest BCUT2D eigenvalue weighted by Gasteiger charge is 2.35. The van der Waals surface area contributed by atoms with E-state index >= 15 is 0 Å². The lowest BCUT2D eigenvalue weighted by molar-refractivity contribution is -0.141. The lowest BCUT2D eigenvalue weighted by atomic mass is 10.1. The molecule has 0 fully saturated rings. The monoisotopic (exact) mass is 367 g/mol. The van der Waals surface area contributed by atoms with Crippen LogP contribution in [-0.2, 0) is 10.9 Å². The molecule has 138 valence electrons. The molecule has 0 saturated carbocycles. The van der Waals surface area contributed by atoms with Gasteiger partial charge in [0.25, 0.3) is 5.91 Å². The predicted octanol–water partition coefficient (Wildman–Crippen LogP) is 3.34. The van der Waals surface area contributed by atoms with Crippen LogP contribution in [0.15, 0.2) is 36.4 Å². The highest BCUT2D eigenvalue weighted by atomic mass is 19.4. The fourth-order valence-corrected chi connectivity index (χ4v) is 2.15. The van der Waals surface area contributed by atoms with Crippen LogP contribution >= 0.6 is 0 Å². The van der Waals surface area contributed by atoms with E-state index in [4.69, 9.17) is 4.74 Å². The maximum atomic E-state index is 13.0. The number of hydrogen-bond acceptors (Lipinski definition) is 5. The molecule has 1 amide bonds. The number of hydrogen-bond donors (Lipinski definition) is 2. The molecule has 6 nitrogen and oxygen atoms in total. The molecule has 0 aliphatic carbocycles. The number of alkyl halides is 3. The van der Waals surface area contributed by atoms with Crippen LogP contribution in [0.25, 0.3) is 0 Å². The van der Waals surface area contributed by atoms with Gasteiger partial charge in [0.15, 0.2) is 5.82 Å². The Morgan fingerprint density at radius 3 is 2.42 bits per heavy atom. The van der Waals surface area contributed by atoms with Crippen molar-refractivity contribution in [1.29, 1.82) is 0 Å². The molecule has 9 heteroatoms. The molecule has 0 spiro atoms. The standard InChI is InChI=1S/C17H16F3N3O3/c1-3-26-16(25)13-10(2)9-12(17(18,19)20)21-14(13)22-23-15(24)11-7-5-4-6-8-11/h4-9H,3H2,1-2H3,(H,21,22)(H,23,24). The fourth-order valence-electron chi connectivity index (χ4n) is 2.15. The molecular weight excluding hydrogens is 351 g/mol. The minimum atomic E-state index is -4.71. The van der Waals surface area contributed by atoms with Crippen molar-refractivity contribution in [2.24, 2.45) is 0 Å². The summed E-state index contributed by atoms with van der Waals surface area (Å²) < 4.78 is 43.8. The highest BCUT2D eigenvalue weighted by molar-refractivity contribution is 5.98. The number of hydrazine groups is 1. The number of ether oxygens (including phenoxy) is 1. The molecule has 0 radical (unpaired) electrons. The van der Waals surface area contributed by atoms with E-state index in [1.54, 1.807) is 25.1 Å². The van der Waals surface area contributed by atoms with Gasteiger partial charge in [-0.15, -0.1) is 0 Å². The largest absolute Gasteiger partial charge is 0.462 e. The topological polar surface area (TPSA) is 80.3 Å². The van der Waals surface area contributed by atoms with E-state index in [2.05, 4.69) is 15.8 Å².